The molecule has 0 bridgehead atoms. The van der Waals surface area contributed by atoms with E-state index in [1.54, 1.807) is 19.2 Å². The summed E-state index contributed by atoms with van der Waals surface area (Å²) in [6.45, 7) is 0.776. The van der Waals surface area contributed by atoms with E-state index in [4.69, 9.17) is 0 Å². The molecule has 1 aliphatic rings. The highest BCUT2D eigenvalue weighted by molar-refractivity contribution is 5.91. The lowest BCUT2D eigenvalue weighted by Gasteiger charge is -2.41. The number of hydrogen-bond acceptors (Lipinski definition) is 5. The number of carbonyl (C=O) groups is 1. The van der Waals surface area contributed by atoms with Crippen LogP contribution in [0.25, 0.3) is 0 Å². The molecule has 2 aromatic heterocycles. The van der Waals surface area contributed by atoms with Gasteiger partial charge in [-0.25, -0.2) is 0 Å². The van der Waals surface area contributed by atoms with Crippen LogP contribution in [0, 0.1) is 0 Å². The van der Waals surface area contributed by atoms with E-state index in [1.165, 1.54) is 6.42 Å². The summed E-state index contributed by atoms with van der Waals surface area (Å²) in [7, 11) is 1.57. The zero-order valence-corrected chi connectivity index (χ0v) is 12.5. The van der Waals surface area contributed by atoms with Crippen LogP contribution in [-0.2, 0) is 5.41 Å². The molecule has 1 saturated carbocycles. The van der Waals surface area contributed by atoms with Gasteiger partial charge >= 0.3 is 0 Å². The topological polar surface area (TPSA) is 79.8 Å². The van der Waals surface area contributed by atoms with Crippen molar-refractivity contribution in [3.05, 3.63) is 47.9 Å². The minimum absolute atomic E-state index is 0.0857. The third kappa shape index (κ3) is 2.77. The van der Waals surface area contributed by atoms with E-state index in [0.29, 0.717) is 11.5 Å². The van der Waals surface area contributed by atoms with E-state index >= 15 is 0 Å². The molecule has 6 nitrogen and oxygen atoms in total. The standard InChI is InChI=1S/C16H19N5O/c1-17-15(22)12-6-7-14(21-20-12)19-11-16(8-4-9-16)13-5-2-3-10-18-13/h2-3,5-7,10H,4,8-9,11H2,1H3,(H,17,22)(H,19,21). The van der Waals surface area contributed by atoms with Crippen molar-refractivity contribution in [3.63, 3.8) is 0 Å². The Morgan fingerprint density at radius 3 is 2.64 bits per heavy atom. The Bertz CT molecular complexity index is 637. The van der Waals surface area contributed by atoms with Crippen molar-refractivity contribution in [1.29, 1.82) is 0 Å². The van der Waals surface area contributed by atoms with Crippen LogP contribution in [0.4, 0.5) is 5.82 Å². The first-order chi connectivity index (χ1) is 10.7. The van der Waals surface area contributed by atoms with Crippen molar-refractivity contribution in [2.75, 3.05) is 18.9 Å². The van der Waals surface area contributed by atoms with Crippen molar-refractivity contribution in [3.8, 4) is 0 Å². The van der Waals surface area contributed by atoms with Crippen LogP contribution >= 0.6 is 0 Å². The van der Waals surface area contributed by atoms with Gasteiger partial charge in [0, 0.05) is 30.9 Å². The second kappa shape index (κ2) is 6.09. The summed E-state index contributed by atoms with van der Waals surface area (Å²) in [5.41, 5.74) is 1.53. The smallest absolute Gasteiger partial charge is 0.271 e. The van der Waals surface area contributed by atoms with Crippen LogP contribution in [0.15, 0.2) is 36.5 Å². The lowest BCUT2D eigenvalue weighted by atomic mass is 9.66. The van der Waals surface area contributed by atoms with Gasteiger partial charge in [0.1, 0.15) is 5.82 Å². The molecule has 2 N–H and O–H groups in total. The van der Waals surface area contributed by atoms with Gasteiger partial charge in [0.05, 0.1) is 0 Å². The molecule has 1 aliphatic carbocycles. The summed E-state index contributed by atoms with van der Waals surface area (Å²) in [6.07, 6.45) is 5.31. The fourth-order valence-electron chi connectivity index (χ4n) is 2.74. The second-order valence-corrected chi connectivity index (χ2v) is 5.59. The highest BCUT2D eigenvalue weighted by Crippen LogP contribution is 2.42. The van der Waals surface area contributed by atoms with E-state index in [9.17, 15) is 4.79 Å². The van der Waals surface area contributed by atoms with Crippen LogP contribution in [0.3, 0.4) is 0 Å². The molecule has 0 spiro atoms. The Morgan fingerprint density at radius 2 is 2.09 bits per heavy atom. The number of rotatable bonds is 5. The molecule has 3 rings (SSSR count). The van der Waals surface area contributed by atoms with Gasteiger partial charge in [-0.1, -0.05) is 12.5 Å². The molecular weight excluding hydrogens is 278 g/mol. The fraction of sp³-hybridized carbons (Fsp3) is 0.375. The molecule has 1 amide bonds. The average molecular weight is 297 g/mol. The SMILES string of the molecule is CNC(=O)c1ccc(NCC2(c3ccccn3)CCC2)nn1. The van der Waals surface area contributed by atoms with Crippen LogP contribution < -0.4 is 10.6 Å². The summed E-state index contributed by atoms with van der Waals surface area (Å²) in [5, 5.41) is 13.8. The Labute approximate surface area is 129 Å². The molecule has 114 valence electrons. The molecular formula is C16H19N5O. The van der Waals surface area contributed by atoms with Crippen LogP contribution in [0.1, 0.15) is 35.4 Å². The maximum Gasteiger partial charge on any atom is 0.271 e. The summed E-state index contributed by atoms with van der Waals surface area (Å²) < 4.78 is 0. The Balaban J connectivity index is 1.68. The maximum atomic E-state index is 11.4. The molecule has 0 radical (unpaired) electrons. The first kappa shape index (κ1) is 14.4. The Hall–Kier alpha value is -2.50. The first-order valence-electron chi connectivity index (χ1n) is 7.45. The lowest BCUT2D eigenvalue weighted by Crippen LogP contribution is -2.41. The van der Waals surface area contributed by atoms with Gasteiger partial charge in [-0.05, 0) is 37.1 Å². The van der Waals surface area contributed by atoms with Gasteiger partial charge in [0.25, 0.3) is 5.91 Å². The molecule has 0 atom stereocenters. The zero-order valence-electron chi connectivity index (χ0n) is 12.5. The number of amides is 1. The van der Waals surface area contributed by atoms with Crippen molar-refractivity contribution >= 4 is 11.7 Å². The van der Waals surface area contributed by atoms with Gasteiger partial charge in [-0.2, -0.15) is 0 Å². The molecule has 22 heavy (non-hydrogen) atoms. The number of aromatic nitrogens is 3. The molecule has 0 saturated heterocycles. The van der Waals surface area contributed by atoms with Crippen LogP contribution in [-0.4, -0.2) is 34.7 Å². The van der Waals surface area contributed by atoms with Gasteiger partial charge in [0.15, 0.2) is 5.69 Å². The molecule has 6 heteroatoms. The summed E-state index contributed by atoms with van der Waals surface area (Å²) in [5.74, 6) is 0.442. The van der Waals surface area contributed by atoms with E-state index < -0.39 is 0 Å². The average Bonchev–Trinajstić information content (AvgIpc) is 2.55. The predicted molar refractivity (Wildman–Crippen MR) is 83.7 cm³/mol. The summed E-state index contributed by atoms with van der Waals surface area (Å²) in [4.78, 5) is 15.9. The van der Waals surface area contributed by atoms with Gasteiger partial charge in [-0.15, -0.1) is 10.2 Å². The molecule has 0 aromatic carbocycles. The van der Waals surface area contributed by atoms with Crippen molar-refractivity contribution in [2.24, 2.45) is 0 Å². The first-order valence-corrected chi connectivity index (χ1v) is 7.45. The number of nitrogens with one attached hydrogen (secondary N) is 2. The largest absolute Gasteiger partial charge is 0.368 e. The predicted octanol–water partition coefficient (Wildman–Crippen LogP) is 1.76. The van der Waals surface area contributed by atoms with Gasteiger partial charge in [-0.3, -0.25) is 9.78 Å². The van der Waals surface area contributed by atoms with Crippen molar-refractivity contribution in [1.82, 2.24) is 20.5 Å². The highest BCUT2D eigenvalue weighted by atomic mass is 16.1. The number of pyridine rings is 1. The van der Waals surface area contributed by atoms with E-state index in [0.717, 1.165) is 25.1 Å². The quantitative estimate of drug-likeness (QED) is 0.879. The van der Waals surface area contributed by atoms with E-state index in [2.05, 4.69) is 31.9 Å². The lowest BCUT2D eigenvalue weighted by molar-refractivity contribution is 0.0957. The van der Waals surface area contributed by atoms with E-state index in [1.807, 2.05) is 18.3 Å². The fourth-order valence-corrected chi connectivity index (χ4v) is 2.74. The van der Waals surface area contributed by atoms with Crippen LogP contribution in [0.5, 0.6) is 0 Å². The van der Waals surface area contributed by atoms with Gasteiger partial charge < -0.3 is 10.6 Å². The number of anilines is 1. The molecule has 0 unspecified atom stereocenters. The number of carbonyl (C=O) groups excluding carboxylic acids is 1. The summed E-state index contributed by atoms with van der Waals surface area (Å²) in [6, 6.07) is 9.50. The zero-order chi connectivity index (χ0) is 15.4. The van der Waals surface area contributed by atoms with Gasteiger partial charge in [0.2, 0.25) is 0 Å². The Kier molecular flexibility index (Phi) is 4.00. The third-order valence-electron chi connectivity index (χ3n) is 4.25. The van der Waals surface area contributed by atoms with Crippen molar-refractivity contribution < 1.29 is 4.79 Å². The normalized spacial score (nSPS) is 15.7. The third-order valence-corrected chi connectivity index (χ3v) is 4.25. The van der Waals surface area contributed by atoms with Crippen molar-refractivity contribution in [2.45, 2.75) is 24.7 Å². The maximum absolute atomic E-state index is 11.4. The number of hydrogen-bond donors (Lipinski definition) is 2. The monoisotopic (exact) mass is 297 g/mol. The minimum Gasteiger partial charge on any atom is -0.368 e. The Morgan fingerprint density at radius 1 is 1.23 bits per heavy atom. The molecule has 1 fully saturated rings. The minimum atomic E-state index is -0.233. The highest BCUT2D eigenvalue weighted by Gasteiger charge is 2.39. The second-order valence-electron chi connectivity index (χ2n) is 5.59. The summed E-state index contributed by atoms with van der Waals surface area (Å²) >= 11 is 0. The number of nitrogens with zero attached hydrogens (tertiary/aromatic N) is 3. The molecule has 0 aliphatic heterocycles. The van der Waals surface area contributed by atoms with Crippen LogP contribution in [0.2, 0.25) is 0 Å². The van der Waals surface area contributed by atoms with E-state index in [-0.39, 0.29) is 11.3 Å². The molecule has 2 heterocycles. The molecule has 2 aromatic rings.